The molecule has 3 aliphatic rings. The van der Waals surface area contributed by atoms with Crippen molar-refractivity contribution in [3.8, 4) is 0 Å². The van der Waals surface area contributed by atoms with Crippen LogP contribution in [0.3, 0.4) is 0 Å². The fraction of sp³-hybridized carbons (Fsp3) is 0.867. The lowest BCUT2D eigenvalue weighted by Gasteiger charge is -2.38. The Morgan fingerprint density at radius 2 is 2.00 bits per heavy atom. The molecule has 0 heterocycles. The highest BCUT2D eigenvalue weighted by Gasteiger charge is 2.63. The van der Waals surface area contributed by atoms with Gasteiger partial charge in [-0.2, -0.15) is 0 Å². The van der Waals surface area contributed by atoms with E-state index in [1.807, 2.05) is 0 Å². The summed E-state index contributed by atoms with van der Waals surface area (Å²) in [7, 11) is 0. The molecule has 0 aromatic rings. The van der Waals surface area contributed by atoms with Gasteiger partial charge >= 0.3 is 0 Å². The smallest absolute Gasteiger partial charge is 0.0146 e. The second kappa shape index (κ2) is 2.70. The van der Waals surface area contributed by atoms with Crippen molar-refractivity contribution in [1.82, 2.24) is 0 Å². The summed E-state index contributed by atoms with van der Waals surface area (Å²) in [5.74, 6) is 2.79. The SMILES string of the molecule is C=C1CC[C@]23C[C@@H]1C(C)(C)[C@@H]2CC[C@H]3C. The Kier molecular flexibility index (Phi) is 1.79. The summed E-state index contributed by atoms with van der Waals surface area (Å²) in [6, 6.07) is 0. The molecule has 0 aromatic heterocycles. The molecule has 4 atom stereocenters. The van der Waals surface area contributed by atoms with Gasteiger partial charge in [0.15, 0.2) is 0 Å². The van der Waals surface area contributed by atoms with Gasteiger partial charge in [-0.15, -0.1) is 0 Å². The average molecular weight is 204 g/mol. The van der Waals surface area contributed by atoms with Gasteiger partial charge in [0, 0.05) is 0 Å². The molecule has 0 unspecified atom stereocenters. The van der Waals surface area contributed by atoms with Gasteiger partial charge in [0.1, 0.15) is 0 Å². The Labute approximate surface area is 94.1 Å². The molecule has 15 heavy (non-hydrogen) atoms. The lowest BCUT2D eigenvalue weighted by atomic mass is 9.67. The van der Waals surface area contributed by atoms with E-state index in [0.717, 1.165) is 23.2 Å². The van der Waals surface area contributed by atoms with Crippen molar-refractivity contribution < 1.29 is 0 Å². The van der Waals surface area contributed by atoms with Crippen molar-refractivity contribution in [3.05, 3.63) is 12.2 Å². The summed E-state index contributed by atoms with van der Waals surface area (Å²) in [5.41, 5.74) is 2.82. The van der Waals surface area contributed by atoms with Gasteiger partial charge in [-0.05, 0) is 60.7 Å². The summed E-state index contributed by atoms with van der Waals surface area (Å²) in [6.07, 6.45) is 7.18. The monoisotopic (exact) mass is 204 g/mol. The maximum absolute atomic E-state index is 4.34. The van der Waals surface area contributed by atoms with Crippen LogP contribution in [0, 0.1) is 28.6 Å². The quantitative estimate of drug-likeness (QED) is 0.513. The van der Waals surface area contributed by atoms with Crippen molar-refractivity contribution in [3.63, 3.8) is 0 Å². The molecule has 0 amide bonds. The van der Waals surface area contributed by atoms with E-state index < -0.39 is 0 Å². The zero-order chi connectivity index (χ0) is 10.8. The molecule has 3 saturated carbocycles. The van der Waals surface area contributed by atoms with Crippen LogP contribution in [0.5, 0.6) is 0 Å². The third-order valence-corrected chi connectivity index (χ3v) is 6.35. The molecule has 84 valence electrons. The minimum Gasteiger partial charge on any atom is -0.0996 e. The standard InChI is InChI=1S/C15H24/c1-10-7-8-15-9-12(10)14(3,4)13(15)6-5-11(15)2/h11-13H,1,5-9H2,2-4H3/t11-,12+,13+,15-/m1/s1. The molecular weight excluding hydrogens is 180 g/mol. The van der Waals surface area contributed by atoms with Crippen LogP contribution in [0.15, 0.2) is 12.2 Å². The van der Waals surface area contributed by atoms with Gasteiger partial charge in [-0.25, -0.2) is 0 Å². The zero-order valence-corrected chi connectivity index (χ0v) is 10.5. The van der Waals surface area contributed by atoms with Crippen LogP contribution in [-0.2, 0) is 0 Å². The highest BCUT2D eigenvalue weighted by Crippen LogP contribution is 2.72. The molecule has 3 rings (SSSR count). The van der Waals surface area contributed by atoms with E-state index in [0.29, 0.717) is 5.41 Å². The van der Waals surface area contributed by atoms with E-state index >= 15 is 0 Å². The molecule has 1 spiro atoms. The van der Waals surface area contributed by atoms with Crippen LogP contribution >= 0.6 is 0 Å². The van der Waals surface area contributed by atoms with Gasteiger partial charge in [-0.3, -0.25) is 0 Å². The van der Waals surface area contributed by atoms with E-state index in [2.05, 4.69) is 27.4 Å². The normalized spacial score (nSPS) is 51.9. The molecule has 0 saturated heterocycles. The minimum atomic E-state index is 0.540. The molecule has 3 aliphatic carbocycles. The van der Waals surface area contributed by atoms with E-state index in [4.69, 9.17) is 0 Å². The Morgan fingerprint density at radius 1 is 1.27 bits per heavy atom. The number of rotatable bonds is 0. The molecule has 0 aliphatic heterocycles. The topological polar surface area (TPSA) is 0 Å². The zero-order valence-electron chi connectivity index (χ0n) is 10.5. The first kappa shape index (κ1) is 9.93. The lowest BCUT2D eigenvalue weighted by molar-refractivity contribution is 0.118. The summed E-state index contributed by atoms with van der Waals surface area (Å²) in [4.78, 5) is 0. The highest BCUT2D eigenvalue weighted by molar-refractivity contribution is 5.23. The van der Waals surface area contributed by atoms with Gasteiger partial charge < -0.3 is 0 Å². The number of hydrogen-bond donors (Lipinski definition) is 0. The molecule has 0 nitrogen and oxygen atoms in total. The summed E-state index contributed by atoms with van der Waals surface area (Å²) >= 11 is 0. The molecule has 0 N–H and O–H groups in total. The fourth-order valence-corrected chi connectivity index (χ4v) is 5.44. The molecule has 3 fully saturated rings. The highest BCUT2D eigenvalue weighted by atomic mass is 14.7. The van der Waals surface area contributed by atoms with E-state index in [1.165, 1.54) is 32.1 Å². The maximum atomic E-state index is 4.34. The summed E-state index contributed by atoms with van der Waals surface area (Å²) < 4.78 is 0. The van der Waals surface area contributed by atoms with Gasteiger partial charge in [0.25, 0.3) is 0 Å². The minimum absolute atomic E-state index is 0.540. The number of hydrogen-bond acceptors (Lipinski definition) is 0. The number of allylic oxidation sites excluding steroid dienone is 1. The van der Waals surface area contributed by atoms with E-state index in [-0.39, 0.29) is 0 Å². The van der Waals surface area contributed by atoms with Crippen molar-refractivity contribution in [2.24, 2.45) is 28.6 Å². The second-order valence-electron chi connectivity index (χ2n) is 7.00. The average Bonchev–Trinajstić information content (AvgIpc) is 2.57. The van der Waals surface area contributed by atoms with Crippen LogP contribution < -0.4 is 0 Å². The first-order valence-electron chi connectivity index (χ1n) is 6.66. The molecule has 0 heteroatoms. The summed E-state index contributed by atoms with van der Waals surface area (Å²) in [5, 5.41) is 0. The van der Waals surface area contributed by atoms with Crippen LogP contribution in [0.2, 0.25) is 0 Å². The molecule has 0 aromatic carbocycles. The van der Waals surface area contributed by atoms with Gasteiger partial charge in [-0.1, -0.05) is 32.9 Å². The predicted octanol–water partition coefficient (Wildman–Crippen LogP) is 4.42. The van der Waals surface area contributed by atoms with E-state index in [1.54, 1.807) is 5.57 Å². The Bertz CT molecular complexity index is 312. The molecule has 0 radical (unpaired) electrons. The van der Waals surface area contributed by atoms with Gasteiger partial charge in [0.05, 0.1) is 0 Å². The third kappa shape index (κ3) is 0.990. The molecule has 2 bridgehead atoms. The van der Waals surface area contributed by atoms with Crippen molar-refractivity contribution in [2.75, 3.05) is 0 Å². The first-order chi connectivity index (χ1) is 6.98. The fourth-order valence-electron chi connectivity index (χ4n) is 5.44. The summed E-state index contributed by atoms with van der Waals surface area (Å²) in [6.45, 7) is 11.9. The van der Waals surface area contributed by atoms with Crippen LogP contribution in [0.4, 0.5) is 0 Å². The first-order valence-corrected chi connectivity index (χ1v) is 6.66. The van der Waals surface area contributed by atoms with Crippen LogP contribution in [-0.4, -0.2) is 0 Å². The Hall–Kier alpha value is -0.260. The van der Waals surface area contributed by atoms with Gasteiger partial charge in [0.2, 0.25) is 0 Å². The lowest BCUT2D eigenvalue weighted by Crippen LogP contribution is -2.30. The number of fused-ring (bicyclic) bond motifs is 1. The Balaban J connectivity index is 2.08. The predicted molar refractivity (Wildman–Crippen MR) is 64.6 cm³/mol. The van der Waals surface area contributed by atoms with Crippen molar-refractivity contribution >= 4 is 0 Å². The molecular formula is C15H24. The second-order valence-corrected chi connectivity index (χ2v) is 7.00. The third-order valence-electron chi connectivity index (χ3n) is 6.35. The van der Waals surface area contributed by atoms with Crippen molar-refractivity contribution in [2.45, 2.75) is 52.9 Å². The van der Waals surface area contributed by atoms with E-state index in [9.17, 15) is 0 Å². The van der Waals surface area contributed by atoms with Crippen LogP contribution in [0.25, 0.3) is 0 Å². The Morgan fingerprint density at radius 3 is 2.73 bits per heavy atom. The largest absolute Gasteiger partial charge is 0.0996 e. The maximum Gasteiger partial charge on any atom is -0.0146 e. The van der Waals surface area contributed by atoms with Crippen molar-refractivity contribution in [1.29, 1.82) is 0 Å². The van der Waals surface area contributed by atoms with Crippen LogP contribution in [0.1, 0.15) is 52.9 Å².